The van der Waals surface area contributed by atoms with Crippen molar-refractivity contribution in [1.82, 2.24) is 0 Å². The van der Waals surface area contributed by atoms with E-state index < -0.39 is 28.2 Å². The van der Waals surface area contributed by atoms with Crippen LogP contribution >= 0.6 is 0 Å². The molecule has 194 valence electrons. The molecule has 0 spiro atoms. The van der Waals surface area contributed by atoms with Gasteiger partial charge in [0.2, 0.25) is 16.6 Å². The van der Waals surface area contributed by atoms with Crippen LogP contribution < -0.4 is 8.85 Å². The van der Waals surface area contributed by atoms with Crippen LogP contribution in [0, 0.1) is 0 Å². The van der Waals surface area contributed by atoms with Crippen LogP contribution in [-0.2, 0) is 9.53 Å². The minimum absolute atomic E-state index is 0.0668. The summed E-state index contributed by atoms with van der Waals surface area (Å²) in [6, 6.07) is 6.30. The van der Waals surface area contributed by atoms with Gasteiger partial charge in [-0.3, -0.25) is 0 Å². The highest BCUT2D eigenvalue weighted by molar-refractivity contribution is 6.75. The summed E-state index contributed by atoms with van der Waals surface area (Å²) >= 11 is 0. The topological polar surface area (TPSA) is 65.0 Å². The van der Waals surface area contributed by atoms with Gasteiger partial charge in [-0.1, -0.05) is 47.6 Å². The number of rotatable bonds is 7. The number of hydrogen-bond acceptors (Lipinski definition) is 5. The van der Waals surface area contributed by atoms with Gasteiger partial charge in [0.1, 0.15) is 11.5 Å². The maximum atomic E-state index is 12.3. The minimum Gasteiger partial charge on any atom is -0.543 e. The quantitative estimate of drug-likeness (QED) is 0.307. The molecular formula is C27H48O5Si2. The van der Waals surface area contributed by atoms with E-state index in [1.165, 1.54) is 0 Å². The number of carbonyl (C=O) groups is 1. The van der Waals surface area contributed by atoms with Crippen LogP contribution in [0.2, 0.25) is 36.3 Å². The summed E-state index contributed by atoms with van der Waals surface area (Å²) in [6.45, 7) is 24.6. The summed E-state index contributed by atoms with van der Waals surface area (Å²) in [6.07, 6.45) is 2.23. The molecule has 1 aromatic rings. The molecular weight excluding hydrogens is 460 g/mol. The zero-order valence-electron chi connectivity index (χ0n) is 23.4. The molecule has 0 aromatic heterocycles. The molecule has 0 bridgehead atoms. The predicted molar refractivity (Wildman–Crippen MR) is 145 cm³/mol. The zero-order chi connectivity index (χ0) is 26.2. The second kappa shape index (κ2) is 9.98. The number of aliphatic hydroxyl groups is 1. The lowest BCUT2D eigenvalue weighted by molar-refractivity contribution is -0.168. The van der Waals surface area contributed by atoms with Crippen molar-refractivity contribution in [2.24, 2.45) is 0 Å². The Morgan fingerprint density at radius 2 is 1.47 bits per heavy atom. The molecule has 0 radical (unpaired) electrons. The Bertz CT molecular complexity index is 857. The molecule has 1 aliphatic rings. The van der Waals surface area contributed by atoms with Crippen molar-refractivity contribution in [2.75, 3.05) is 6.61 Å². The van der Waals surface area contributed by atoms with Crippen LogP contribution in [0.25, 0.3) is 0 Å². The maximum Gasteiger partial charge on any atom is 0.338 e. The molecule has 0 unspecified atom stereocenters. The van der Waals surface area contributed by atoms with Gasteiger partial charge in [-0.2, -0.15) is 0 Å². The highest BCUT2D eigenvalue weighted by Gasteiger charge is 2.44. The molecule has 34 heavy (non-hydrogen) atoms. The van der Waals surface area contributed by atoms with Crippen molar-refractivity contribution in [3.8, 4) is 11.5 Å². The Labute approximate surface area is 209 Å². The Kier molecular flexibility index (Phi) is 8.48. The summed E-state index contributed by atoms with van der Waals surface area (Å²) in [5.41, 5.74) is -0.225. The van der Waals surface area contributed by atoms with Gasteiger partial charge in [-0.05, 0) is 86.4 Å². The van der Waals surface area contributed by atoms with Crippen molar-refractivity contribution < 1.29 is 23.5 Å². The first-order valence-corrected chi connectivity index (χ1v) is 18.6. The van der Waals surface area contributed by atoms with Crippen LogP contribution in [0.5, 0.6) is 11.5 Å². The Morgan fingerprint density at radius 3 is 1.94 bits per heavy atom. The summed E-state index contributed by atoms with van der Waals surface area (Å²) in [5, 5.41) is 11.0. The van der Waals surface area contributed by atoms with E-state index in [4.69, 9.17) is 13.6 Å². The third kappa shape index (κ3) is 6.46. The van der Waals surface area contributed by atoms with E-state index in [1.807, 2.05) is 0 Å². The maximum absolute atomic E-state index is 12.3. The fourth-order valence-electron chi connectivity index (χ4n) is 3.76. The highest BCUT2D eigenvalue weighted by atomic mass is 28.4. The molecule has 2 rings (SSSR count). The molecule has 0 heterocycles. The molecule has 0 aliphatic heterocycles. The van der Waals surface area contributed by atoms with Crippen LogP contribution in [0.4, 0.5) is 0 Å². The fraction of sp³-hybridized carbons (Fsp3) is 0.741. The van der Waals surface area contributed by atoms with Gasteiger partial charge >= 0.3 is 5.97 Å². The average molecular weight is 509 g/mol. The van der Waals surface area contributed by atoms with Gasteiger partial charge in [0.15, 0.2) is 5.60 Å². The van der Waals surface area contributed by atoms with Crippen LogP contribution in [0.1, 0.15) is 85.6 Å². The Balaban J connectivity index is 2.39. The van der Waals surface area contributed by atoms with Crippen LogP contribution in [0.3, 0.4) is 0 Å². The van der Waals surface area contributed by atoms with E-state index in [-0.39, 0.29) is 22.6 Å². The van der Waals surface area contributed by atoms with Crippen molar-refractivity contribution in [2.45, 2.75) is 122 Å². The fourth-order valence-corrected chi connectivity index (χ4v) is 5.81. The average Bonchev–Trinajstić information content (AvgIpc) is 2.67. The largest absolute Gasteiger partial charge is 0.543 e. The standard InChI is InChI=1S/C27H48O5Si2/c1-12-30-24(28)27(29)17-15-20(16-18-27)22-14-13-21(31-33(8,9)25(2,3)4)19-23(22)32-34(10,11)26(5,6)7/h13-14,19-20,29H,12,15-18H2,1-11H3. The van der Waals surface area contributed by atoms with E-state index in [2.05, 4.69) is 85.9 Å². The SMILES string of the molecule is CCOC(=O)C1(O)CCC(c2ccc(O[Si](C)(C)C(C)(C)C)cc2O[Si](C)(C)C(C)(C)C)CC1. The van der Waals surface area contributed by atoms with Gasteiger partial charge in [-0.25, -0.2) is 4.79 Å². The molecule has 5 nitrogen and oxygen atoms in total. The van der Waals surface area contributed by atoms with Gasteiger partial charge in [0.05, 0.1) is 6.61 Å². The van der Waals surface area contributed by atoms with Gasteiger partial charge < -0.3 is 18.7 Å². The van der Waals surface area contributed by atoms with Crippen molar-refractivity contribution >= 4 is 22.6 Å². The van der Waals surface area contributed by atoms with Gasteiger partial charge in [-0.15, -0.1) is 0 Å². The van der Waals surface area contributed by atoms with E-state index in [0.29, 0.717) is 25.7 Å². The lowest BCUT2D eigenvalue weighted by atomic mass is 9.76. The molecule has 1 N–H and O–H groups in total. The third-order valence-electron chi connectivity index (χ3n) is 8.24. The molecule has 1 saturated carbocycles. The molecule has 0 atom stereocenters. The number of carbonyl (C=O) groups excluding carboxylic acids is 1. The first-order valence-electron chi connectivity index (χ1n) is 12.7. The normalized spacial score (nSPS) is 22.3. The smallest absolute Gasteiger partial charge is 0.338 e. The number of esters is 1. The Morgan fingerprint density at radius 1 is 0.971 bits per heavy atom. The monoisotopic (exact) mass is 508 g/mol. The van der Waals surface area contributed by atoms with Crippen molar-refractivity contribution in [3.63, 3.8) is 0 Å². The van der Waals surface area contributed by atoms with E-state index in [0.717, 1.165) is 17.1 Å². The van der Waals surface area contributed by atoms with E-state index in [9.17, 15) is 9.90 Å². The molecule has 1 fully saturated rings. The van der Waals surface area contributed by atoms with Gasteiger partial charge in [0.25, 0.3) is 0 Å². The summed E-state index contributed by atoms with van der Waals surface area (Å²) in [5.74, 6) is 1.48. The summed E-state index contributed by atoms with van der Waals surface area (Å²) < 4.78 is 18.6. The lowest BCUT2D eigenvalue weighted by Gasteiger charge is -2.40. The minimum atomic E-state index is -2.08. The molecule has 0 amide bonds. The third-order valence-corrected chi connectivity index (χ3v) is 16.9. The predicted octanol–water partition coefficient (Wildman–Crippen LogP) is 7.41. The van der Waals surface area contributed by atoms with E-state index >= 15 is 0 Å². The number of ether oxygens (including phenoxy) is 1. The van der Waals surface area contributed by atoms with E-state index in [1.54, 1.807) is 6.92 Å². The molecule has 0 saturated heterocycles. The van der Waals surface area contributed by atoms with Crippen LogP contribution in [-0.4, -0.2) is 39.9 Å². The lowest BCUT2D eigenvalue weighted by Crippen LogP contribution is -2.45. The number of benzene rings is 1. The number of hydrogen-bond donors (Lipinski definition) is 1. The zero-order valence-corrected chi connectivity index (χ0v) is 25.4. The van der Waals surface area contributed by atoms with Crippen molar-refractivity contribution in [3.05, 3.63) is 23.8 Å². The first kappa shape index (κ1) is 28.9. The van der Waals surface area contributed by atoms with Crippen LogP contribution in [0.15, 0.2) is 18.2 Å². The second-order valence-corrected chi connectivity index (χ2v) is 22.4. The summed E-state index contributed by atoms with van der Waals surface area (Å²) in [7, 11) is -4.07. The molecule has 7 heteroatoms. The highest BCUT2D eigenvalue weighted by Crippen LogP contribution is 2.46. The molecule has 1 aromatic carbocycles. The van der Waals surface area contributed by atoms with Crippen molar-refractivity contribution in [1.29, 1.82) is 0 Å². The van der Waals surface area contributed by atoms with Gasteiger partial charge in [0, 0.05) is 6.07 Å². The first-order chi connectivity index (χ1) is 15.3. The second-order valence-electron chi connectivity index (χ2n) is 13.0. The summed E-state index contributed by atoms with van der Waals surface area (Å²) in [4.78, 5) is 12.3. The Hall–Kier alpha value is -1.32. The molecule has 1 aliphatic carbocycles.